The SMILES string of the molecule is CC(C)(C)[Si](C)(C)OCCc1ccccc1N1CN=Cc2cc(Cl)c(Cl)nc21. The molecule has 0 spiro atoms. The average Bonchev–Trinajstić information content (AvgIpc) is 2.62. The molecular formula is C21H27Cl2N3OSi. The Kier molecular flexibility index (Phi) is 6.20. The number of rotatable bonds is 5. The van der Waals surface area contributed by atoms with Crippen LogP contribution in [-0.2, 0) is 10.8 Å². The maximum Gasteiger partial charge on any atom is 0.191 e. The molecule has 0 radical (unpaired) electrons. The number of benzene rings is 1. The van der Waals surface area contributed by atoms with E-state index in [0.717, 1.165) is 23.5 Å². The van der Waals surface area contributed by atoms with Crippen LogP contribution in [0.25, 0.3) is 0 Å². The monoisotopic (exact) mass is 435 g/mol. The molecule has 0 aliphatic carbocycles. The Morgan fingerprint density at radius 2 is 1.89 bits per heavy atom. The van der Waals surface area contributed by atoms with Crippen LogP contribution in [0.1, 0.15) is 31.9 Å². The van der Waals surface area contributed by atoms with E-state index in [1.54, 1.807) is 6.21 Å². The van der Waals surface area contributed by atoms with Crippen molar-refractivity contribution in [3.8, 4) is 0 Å². The zero-order valence-corrected chi connectivity index (χ0v) is 19.6. The van der Waals surface area contributed by atoms with Crippen molar-refractivity contribution in [2.75, 3.05) is 18.2 Å². The van der Waals surface area contributed by atoms with Gasteiger partial charge in [0.05, 0.1) is 5.02 Å². The number of halogens is 2. The summed E-state index contributed by atoms with van der Waals surface area (Å²) in [6.07, 6.45) is 2.63. The Morgan fingerprint density at radius 3 is 2.61 bits per heavy atom. The molecule has 7 heteroatoms. The summed E-state index contributed by atoms with van der Waals surface area (Å²) in [7, 11) is -1.77. The first kappa shape index (κ1) is 21.3. The fourth-order valence-corrected chi connectivity index (χ4v) is 4.22. The molecule has 0 atom stereocenters. The molecule has 28 heavy (non-hydrogen) atoms. The van der Waals surface area contributed by atoms with Gasteiger partial charge in [0.1, 0.15) is 17.6 Å². The topological polar surface area (TPSA) is 37.7 Å². The fraction of sp³-hybridized carbons (Fsp3) is 0.429. The minimum absolute atomic E-state index is 0.201. The van der Waals surface area contributed by atoms with E-state index in [1.165, 1.54) is 5.56 Å². The van der Waals surface area contributed by atoms with E-state index in [1.807, 2.05) is 12.1 Å². The van der Waals surface area contributed by atoms with Gasteiger partial charge in [-0.1, -0.05) is 62.2 Å². The van der Waals surface area contributed by atoms with Crippen molar-refractivity contribution in [1.82, 2.24) is 4.98 Å². The van der Waals surface area contributed by atoms with E-state index in [0.29, 0.717) is 23.5 Å². The summed E-state index contributed by atoms with van der Waals surface area (Å²) in [4.78, 5) is 11.1. The second-order valence-corrected chi connectivity index (χ2v) is 14.1. The number of fused-ring (bicyclic) bond motifs is 1. The van der Waals surface area contributed by atoms with Gasteiger partial charge >= 0.3 is 0 Å². The Hall–Kier alpha value is -1.40. The minimum Gasteiger partial charge on any atom is -0.416 e. The molecule has 2 heterocycles. The maximum absolute atomic E-state index is 6.38. The predicted molar refractivity (Wildman–Crippen MR) is 122 cm³/mol. The largest absolute Gasteiger partial charge is 0.416 e. The Bertz CT molecular complexity index is 894. The number of hydrogen-bond acceptors (Lipinski definition) is 4. The van der Waals surface area contributed by atoms with E-state index in [-0.39, 0.29) is 5.04 Å². The highest BCUT2D eigenvalue weighted by Gasteiger charge is 2.37. The first-order chi connectivity index (χ1) is 13.1. The maximum atomic E-state index is 6.38. The molecule has 1 aliphatic heterocycles. The van der Waals surface area contributed by atoms with Crippen LogP contribution in [0.15, 0.2) is 35.3 Å². The molecule has 2 aromatic rings. The van der Waals surface area contributed by atoms with E-state index >= 15 is 0 Å². The van der Waals surface area contributed by atoms with Gasteiger partial charge in [-0.3, -0.25) is 4.99 Å². The molecule has 0 bridgehead atoms. The van der Waals surface area contributed by atoms with E-state index in [2.05, 4.69) is 66.9 Å². The van der Waals surface area contributed by atoms with E-state index in [4.69, 9.17) is 27.6 Å². The molecule has 1 aromatic carbocycles. The zero-order chi connectivity index (χ0) is 20.5. The summed E-state index contributed by atoms with van der Waals surface area (Å²) in [5.74, 6) is 0.780. The lowest BCUT2D eigenvalue weighted by Gasteiger charge is -2.36. The van der Waals surface area contributed by atoms with Crippen LogP contribution < -0.4 is 4.90 Å². The van der Waals surface area contributed by atoms with Gasteiger partial charge in [0.2, 0.25) is 0 Å². The standard InChI is InChI=1S/C21H27Cl2N3OSi/c1-21(2,3)28(4,5)27-11-10-15-8-6-7-9-18(15)26-14-24-13-16-12-17(22)19(23)25-20(16)26/h6-9,12-13H,10-11,14H2,1-5H3. The third-order valence-electron chi connectivity index (χ3n) is 5.57. The van der Waals surface area contributed by atoms with Crippen LogP contribution in [-0.4, -0.2) is 32.8 Å². The first-order valence-corrected chi connectivity index (χ1v) is 13.1. The molecule has 0 saturated carbocycles. The molecule has 0 saturated heterocycles. The molecule has 1 aliphatic rings. The lowest BCUT2D eigenvalue weighted by molar-refractivity contribution is 0.292. The molecule has 0 fully saturated rings. The second kappa shape index (κ2) is 8.15. The van der Waals surface area contributed by atoms with Crippen LogP contribution in [0.2, 0.25) is 28.3 Å². The lowest BCUT2D eigenvalue weighted by atomic mass is 10.1. The van der Waals surface area contributed by atoms with Crippen molar-refractivity contribution in [1.29, 1.82) is 0 Å². The minimum atomic E-state index is -1.77. The van der Waals surface area contributed by atoms with Gasteiger partial charge in [-0.25, -0.2) is 4.98 Å². The third kappa shape index (κ3) is 4.43. The van der Waals surface area contributed by atoms with Crippen molar-refractivity contribution in [2.24, 2.45) is 4.99 Å². The van der Waals surface area contributed by atoms with Gasteiger partial charge in [-0.15, -0.1) is 0 Å². The summed E-state index contributed by atoms with van der Waals surface area (Å²) in [6, 6.07) is 10.1. The summed E-state index contributed by atoms with van der Waals surface area (Å²) in [6.45, 7) is 12.5. The van der Waals surface area contributed by atoms with Crippen molar-refractivity contribution in [2.45, 2.75) is 45.3 Å². The highest BCUT2D eigenvalue weighted by atomic mass is 35.5. The number of pyridine rings is 1. The van der Waals surface area contributed by atoms with Crippen LogP contribution in [0, 0.1) is 0 Å². The predicted octanol–water partition coefficient (Wildman–Crippen LogP) is 6.48. The van der Waals surface area contributed by atoms with E-state index < -0.39 is 8.32 Å². The molecule has 150 valence electrons. The Morgan fingerprint density at radius 1 is 1.18 bits per heavy atom. The number of aromatic nitrogens is 1. The van der Waals surface area contributed by atoms with Crippen molar-refractivity contribution in [3.05, 3.63) is 51.6 Å². The van der Waals surface area contributed by atoms with Crippen LogP contribution >= 0.6 is 23.2 Å². The summed E-state index contributed by atoms with van der Waals surface area (Å²) in [5, 5.41) is 0.941. The molecule has 0 unspecified atom stereocenters. The lowest BCUT2D eigenvalue weighted by Crippen LogP contribution is -2.41. The summed E-state index contributed by atoms with van der Waals surface area (Å²) >= 11 is 12.3. The Labute approximate surface area is 178 Å². The Balaban J connectivity index is 1.84. The zero-order valence-electron chi connectivity index (χ0n) is 17.1. The van der Waals surface area contributed by atoms with Gasteiger partial charge < -0.3 is 9.33 Å². The number of hydrogen-bond donors (Lipinski definition) is 0. The quantitative estimate of drug-likeness (QED) is 0.398. The van der Waals surface area contributed by atoms with Gasteiger partial charge in [0.15, 0.2) is 8.32 Å². The molecule has 3 rings (SSSR count). The number of aliphatic imine (C=N–C) groups is 1. The van der Waals surface area contributed by atoms with Gasteiger partial charge in [0, 0.05) is 24.1 Å². The molecular weight excluding hydrogens is 409 g/mol. The fourth-order valence-electron chi connectivity index (χ4n) is 2.88. The van der Waals surface area contributed by atoms with Gasteiger partial charge in [-0.2, -0.15) is 0 Å². The van der Waals surface area contributed by atoms with Crippen LogP contribution in [0.5, 0.6) is 0 Å². The highest BCUT2D eigenvalue weighted by Crippen LogP contribution is 2.37. The highest BCUT2D eigenvalue weighted by molar-refractivity contribution is 6.74. The summed E-state index contributed by atoms with van der Waals surface area (Å²) in [5.41, 5.74) is 3.15. The normalized spacial score (nSPS) is 14.3. The summed E-state index contributed by atoms with van der Waals surface area (Å²) < 4.78 is 6.38. The van der Waals surface area contributed by atoms with Crippen molar-refractivity contribution < 1.29 is 4.43 Å². The van der Waals surface area contributed by atoms with Crippen LogP contribution in [0.4, 0.5) is 11.5 Å². The smallest absolute Gasteiger partial charge is 0.191 e. The second-order valence-electron chi connectivity index (χ2n) is 8.54. The number of para-hydroxylation sites is 1. The van der Waals surface area contributed by atoms with Crippen molar-refractivity contribution in [3.63, 3.8) is 0 Å². The molecule has 0 amide bonds. The molecule has 1 aromatic heterocycles. The van der Waals surface area contributed by atoms with Gasteiger partial charge in [0.25, 0.3) is 0 Å². The van der Waals surface area contributed by atoms with Crippen LogP contribution in [0.3, 0.4) is 0 Å². The number of nitrogens with zero attached hydrogens (tertiary/aromatic N) is 3. The first-order valence-electron chi connectivity index (χ1n) is 9.45. The van der Waals surface area contributed by atoms with Gasteiger partial charge in [-0.05, 0) is 42.2 Å². The average molecular weight is 436 g/mol. The third-order valence-corrected chi connectivity index (χ3v) is 10.8. The van der Waals surface area contributed by atoms with Crippen molar-refractivity contribution >= 4 is 49.2 Å². The molecule has 4 nitrogen and oxygen atoms in total. The van der Waals surface area contributed by atoms with E-state index in [9.17, 15) is 0 Å². The molecule has 0 N–H and O–H groups in total. The number of anilines is 2.